The van der Waals surface area contributed by atoms with E-state index < -0.39 is 0 Å². The first-order valence-electron chi connectivity index (χ1n) is 6.84. The molecule has 1 amide bonds. The van der Waals surface area contributed by atoms with Crippen LogP contribution in [0.2, 0.25) is 0 Å². The summed E-state index contributed by atoms with van der Waals surface area (Å²) in [5.74, 6) is 1.14. The minimum atomic E-state index is -0.219. The molecule has 0 atom stereocenters. The van der Waals surface area contributed by atoms with Gasteiger partial charge in [0.25, 0.3) is 5.91 Å². The van der Waals surface area contributed by atoms with Crippen LogP contribution in [-0.2, 0) is 6.54 Å². The highest BCUT2D eigenvalue weighted by molar-refractivity contribution is 6.04. The molecule has 22 heavy (non-hydrogen) atoms. The van der Waals surface area contributed by atoms with E-state index in [1.807, 2.05) is 13.8 Å². The van der Waals surface area contributed by atoms with Crippen LogP contribution >= 0.6 is 0 Å². The Bertz CT molecular complexity index is 793. The highest BCUT2D eigenvalue weighted by Crippen LogP contribution is 2.16. The van der Waals surface area contributed by atoms with E-state index in [-0.39, 0.29) is 5.91 Å². The van der Waals surface area contributed by atoms with Gasteiger partial charge in [0.15, 0.2) is 0 Å². The van der Waals surface area contributed by atoms with Crippen LogP contribution in [-0.4, -0.2) is 20.8 Å². The SMILES string of the molecule is Cc1noc(C)c1Cn1cc(NC(=O)c2ccoc2C)cn1. The Morgan fingerprint density at radius 1 is 1.32 bits per heavy atom. The molecule has 0 aromatic carbocycles. The Kier molecular flexibility index (Phi) is 3.54. The van der Waals surface area contributed by atoms with Crippen molar-refractivity contribution in [1.82, 2.24) is 14.9 Å². The number of carbonyl (C=O) groups excluding carboxylic acids is 1. The van der Waals surface area contributed by atoms with Crippen molar-refractivity contribution >= 4 is 11.6 Å². The molecule has 1 N–H and O–H groups in total. The number of nitrogens with zero attached hydrogens (tertiary/aromatic N) is 3. The van der Waals surface area contributed by atoms with Crippen molar-refractivity contribution in [1.29, 1.82) is 0 Å². The van der Waals surface area contributed by atoms with Crippen LogP contribution in [0.4, 0.5) is 5.69 Å². The van der Waals surface area contributed by atoms with Crippen LogP contribution in [0.1, 0.15) is 33.1 Å². The lowest BCUT2D eigenvalue weighted by Crippen LogP contribution is -2.11. The molecule has 0 aliphatic rings. The molecule has 3 aromatic rings. The third kappa shape index (κ3) is 2.65. The Labute approximate surface area is 126 Å². The normalized spacial score (nSPS) is 10.9. The Morgan fingerprint density at radius 3 is 2.77 bits per heavy atom. The number of aryl methyl sites for hydroxylation is 3. The van der Waals surface area contributed by atoms with Gasteiger partial charge in [-0.2, -0.15) is 5.10 Å². The van der Waals surface area contributed by atoms with Crippen molar-refractivity contribution in [2.24, 2.45) is 0 Å². The molecule has 7 heteroatoms. The van der Waals surface area contributed by atoms with E-state index in [1.165, 1.54) is 6.26 Å². The monoisotopic (exact) mass is 300 g/mol. The lowest BCUT2D eigenvalue weighted by Gasteiger charge is -2.01. The van der Waals surface area contributed by atoms with Crippen LogP contribution in [0.25, 0.3) is 0 Å². The average Bonchev–Trinajstić information content (AvgIpc) is 3.17. The number of amides is 1. The maximum atomic E-state index is 12.1. The molecule has 0 unspecified atom stereocenters. The Morgan fingerprint density at radius 2 is 2.14 bits per heavy atom. The highest BCUT2D eigenvalue weighted by Gasteiger charge is 2.14. The van der Waals surface area contributed by atoms with Crippen LogP contribution in [0.3, 0.4) is 0 Å². The molecule has 0 radical (unpaired) electrons. The maximum absolute atomic E-state index is 12.1. The molecule has 3 heterocycles. The number of aromatic nitrogens is 3. The molecular formula is C15H16N4O3. The summed E-state index contributed by atoms with van der Waals surface area (Å²) in [7, 11) is 0. The zero-order valence-corrected chi connectivity index (χ0v) is 12.6. The average molecular weight is 300 g/mol. The topological polar surface area (TPSA) is 86.1 Å². The molecular weight excluding hydrogens is 284 g/mol. The van der Waals surface area contributed by atoms with Gasteiger partial charge in [-0.05, 0) is 26.8 Å². The van der Waals surface area contributed by atoms with Crippen molar-refractivity contribution in [2.45, 2.75) is 27.3 Å². The Balaban J connectivity index is 1.72. The predicted octanol–water partition coefficient (Wildman–Crippen LogP) is 2.69. The van der Waals surface area contributed by atoms with E-state index in [9.17, 15) is 4.79 Å². The molecule has 0 saturated heterocycles. The molecule has 0 bridgehead atoms. The third-order valence-corrected chi connectivity index (χ3v) is 3.50. The van der Waals surface area contributed by atoms with Gasteiger partial charge >= 0.3 is 0 Å². The molecule has 0 aliphatic carbocycles. The smallest absolute Gasteiger partial charge is 0.259 e. The highest BCUT2D eigenvalue weighted by atomic mass is 16.5. The fourth-order valence-electron chi connectivity index (χ4n) is 2.22. The second-order valence-electron chi connectivity index (χ2n) is 5.07. The van der Waals surface area contributed by atoms with Gasteiger partial charge < -0.3 is 14.3 Å². The summed E-state index contributed by atoms with van der Waals surface area (Å²) in [6, 6.07) is 1.64. The summed E-state index contributed by atoms with van der Waals surface area (Å²) in [4.78, 5) is 12.1. The summed E-state index contributed by atoms with van der Waals surface area (Å²) in [6.45, 7) is 6.04. The number of hydrogen-bond acceptors (Lipinski definition) is 5. The van der Waals surface area contributed by atoms with Crippen LogP contribution < -0.4 is 5.32 Å². The van der Waals surface area contributed by atoms with E-state index in [2.05, 4.69) is 15.6 Å². The summed E-state index contributed by atoms with van der Waals surface area (Å²) in [6.07, 6.45) is 4.86. The van der Waals surface area contributed by atoms with Gasteiger partial charge in [-0.3, -0.25) is 9.48 Å². The molecule has 0 saturated carbocycles. The van der Waals surface area contributed by atoms with Crippen LogP contribution in [0, 0.1) is 20.8 Å². The zero-order chi connectivity index (χ0) is 15.7. The fourth-order valence-corrected chi connectivity index (χ4v) is 2.22. The van der Waals surface area contributed by atoms with E-state index in [4.69, 9.17) is 8.94 Å². The molecule has 3 rings (SSSR count). The summed E-state index contributed by atoms with van der Waals surface area (Å²) >= 11 is 0. The quantitative estimate of drug-likeness (QED) is 0.800. The minimum Gasteiger partial charge on any atom is -0.469 e. The molecule has 0 spiro atoms. The van der Waals surface area contributed by atoms with Gasteiger partial charge in [-0.1, -0.05) is 5.16 Å². The molecule has 114 valence electrons. The van der Waals surface area contributed by atoms with Crippen LogP contribution in [0.5, 0.6) is 0 Å². The summed E-state index contributed by atoms with van der Waals surface area (Å²) < 4.78 is 12.0. The molecule has 7 nitrogen and oxygen atoms in total. The summed E-state index contributed by atoms with van der Waals surface area (Å²) in [5.41, 5.74) is 2.97. The lowest BCUT2D eigenvalue weighted by molar-refractivity contribution is 0.102. The van der Waals surface area contributed by atoms with Gasteiger partial charge in [-0.25, -0.2) is 0 Å². The second-order valence-corrected chi connectivity index (χ2v) is 5.07. The number of nitrogens with one attached hydrogen (secondary N) is 1. The fraction of sp³-hybridized carbons (Fsp3) is 0.267. The van der Waals surface area contributed by atoms with Gasteiger partial charge in [0.1, 0.15) is 11.5 Å². The Hall–Kier alpha value is -2.83. The van der Waals surface area contributed by atoms with Crippen molar-refractivity contribution in [3.8, 4) is 0 Å². The number of hydrogen-bond donors (Lipinski definition) is 1. The second kappa shape index (κ2) is 5.51. The van der Waals surface area contributed by atoms with Gasteiger partial charge in [0.05, 0.1) is 35.9 Å². The van der Waals surface area contributed by atoms with Crippen LogP contribution in [0.15, 0.2) is 33.7 Å². The number of anilines is 1. The van der Waals surface area contributed by atoms with Crippen molar-refractivity contribution in [3.63, 3.8) is 0 Å². The summed E-state index contributed by atoms with van der Waals surface area (Å²) in [5, 5.41) is 10.9. The number of furan rings is 1. The third-order valence-electron chi connectivity index (χ3n) is 3.50. The molecule has 0 aliphatic heterocycles. The lowest BCUT2D eigenvalue weighted by atomic mass is 10.2. The van der Waals surface area contributed by atoms with Gasteiger partial charge in [0, 0.05) is 11.8 Å². The standard InChI is InChI=1S/C15H16N4O3/c1-9-14(11(3)22-18-9)8-19-7-12(6-16-19)17-15(20)13-4-5-21-10(13)2/h4-7H,8H2,1-3H3,(H,17,20). The minimum absolute atomic E-state index is 0.219. The maximum Gasteiger partial charge on any atom is 0.259 e. The zero-order valence-electron chi connectivity index (χ0n) is 12.6. The largest absolute Gasteiger partial charge is 0.469 e. The van der Waals surface area contributed by atoms with E-state index in [0.29, 0.717) is 23.6 Å². The number of carbonyl (C=O) groups is 1. The van der Waals surface area contributed by atoms with E-state index in [1.54, 1.807) is 30.1 Å². The molecule has 0 fully saturated rings. The van der Waals surface area contributed by atoms with E-state index >= 15 is 0 Å². The first kappa shape index (κ1) is 14.1. The predicted molar refractivity (Wildman–Crippen MR) is 78.7 cm³/mol. The van der Waals surface area contributed by atoms with Crippen molar-refractivity contribution < 1.29 is 13.7 Å². The number of rotatable bonds is 4. The van der Waals surface area contributed by atoms with Gasteiger partial charge in [0.2, 0.25) is 0 Å². The molecule has 3 aromatic heterocycles. The van der Waals surface area contributed by atoms with Crippen molar-refractivity contribution in [3.05, 3.63) is 53.1 Å². The first-order valence-corrected chi connectivity index (χ1v) is 6.84. The van der Waals surface area contributed by atoms with Crippen molar-refractivity contribution in [2.75, 3.05) is 5.32 Å². The van der Waals surface area contributed by atoms with E-state index in [0.717, 1.165) is 17.0 Å². The van der Waals surface area contributed by atoms with Gasteiger partial charge in [-0.15, -0.1) is 0 Å². The first-order chi connectivity index (χ1) is 10.5.